The third-order valence-corrected chi connectivity index (χ3v) is 29.6. The molecule has 3 radical (unpaired) electrons. The number of pyridine rings is 8. The molecule has 3 fully saturated rings. The predicted octanol–water partition coefficient (Wildman–Crippen LogP) is 24.3. The molecule has 11 heterocycles. The molecule has 142 heavy (non-hydrogen) atoms. The van der Waals surface area contributed by atoms with Crippen molar-refractivity contribution in [2.45, 2.75) is 123 Å². The van der Waals surface area contributed by atoms with Crippen molar-refractivity contribution >= 4 is 217 Å². The summed E-state index contributed by atoms with van der Waals surface area (Å²) in [5, 5.41) is 54.6. The molecule has 0 aliphatic carbocycles. The standard InChI is InChI=1S/C14H15N2O2S.2C13H12ClN2O2S.C10H7Cl2NO2S.C10H7ClN2O2.C10H9ClN2.C10H9N2O3.C10H8N2O2.3C2H6.3CH3.3Y/c1-10-9-15-11(2)12-5-3-6-13(14(10)12)19(17,18)16-7-4-8-16;2*1-9-8-15-13(14)10-4-2-5-11(12(9)10)19(17,18)16-6-3-7-16;1-6-5-13-10(11)7-3-2-4-8(9(6)7)16(12,14)15;1-6-5-12-10(11)7-3-2-4-8(9(6)7)13(14)15;1-6-5-13-10(11)7-3-2-4-8(12)9(6)7;1-7-5-11(13)6-8-3-2-4-9(10(7)8)12(14)15;1-7-5-11-6-8-3-2-4-9(10(7)8)12(13)14;3*1-2;;;;;;/h3-6,9H,7-8H2,1-2H3;2*2-5,8H,6-7H2,1H3;2-5H,1H3;2-5H,1H3;2-5H,12H2,1H3;2-6,13H,1H3;2-6H,1H3;3*1-2H3;3*1H3;;;/q3*-1;;;;+1;;;;;3*-1;;;. The Bertz CT molecular complexity index is 7400. The number of anilines is 1. The second-order valence-electron chi connectivity index (χ2n) is 29.8. The number of aromatic nitrogens is 8. The number of rotatable bonds is 10. The van der Waals surface area contributed by atoms with E-state index in [2.05, 4.69) is 34.9 Å². The van der Waals surface area contributed by atoms with Gasteiger partial charge in [0, 0.05) is 263 Å². The number of sulfonamides is 3. The van der Waals surface area contributed by atoms with Gasteiger partial charge in [-0.05, 0) is 138 Å². The van der Waals surface area contributed by atoms with Crippen LogP contribution in [0.3, 0.4) is 0 Å². The minimum atomic E-state index is -3.78. The summed E-state index contributed by atoms with van der Waals surface area (Å²) < 4.78 is 103. The Labute approximate surface area is 934 Å². The van der Waals surface area contributed by atoms with Crippen molar-refractivity contribution in [2.24, 2.45) is 0 Å². The van der Waals surface area contributed by atoms with Gasteiger partial charge in [0.1, 0.15) is 25.8 Å². The van der Waals surface area contributed by atoms with E-state index in [-0.39, 0.29) is 152 Å². The number of nitrogens with two attached hydrogens (primary N) is 1. The van der Waals surface area contributed by atoms with Crippen LogP contribution < -0.4 is 10.5 Å². The number of halogens is 6. The fourth-order valence-corrected chi connectivity index (χ4v) is 21.7. The first-order chi connectivity index (χ1) is 64.6. The first-order valence-corrected chi connectivity index (χ1v) is 50.7. The second-order valence-corrected chi connectivity index (χ2v) is 39.9. The number of hydrogen-bond acceptors (Lipinski definition) is 23. The molecule has 8 aromatic heterocycles. The molecule has 16 aromatic rings. The van der Waals surface area contributed by atoms with Gasteiger partial charge < -0.3 is 28.0 Å². The van der Waals surface area contributed by atoms with E-state index in [0.29, 0.717) is 139 Å². The van der Waals surface area contributed by atoms with Crippen molar-refractivity contribution in [1.29, 1.82) is 0 Å². The van der Waals surface area contributed by atoms with E-state index in [4.69, 9.17) is 74.4 Å². The van der Waals surface area contributed by atoms with Crippen LogP contribution in [0.15, 0.2) is 227 Å². The van der Waals surface area contributed by atoms with Gasteiger partial charge in [-0.1, -0.05) is 191 Å². The second kappa shape index (κ2) is 57.0. The van der Waals surface area contributed by atoms with Crippen LogP contribution in [0.1, 0.15) is 91.7 Å². The summed E-state index contributed by atoms with van der Waals surface area (Å²) in [6, 6.07) is 40.6. The average molecular weight is 2350 g/mol. The number of nitrogens with zero attached hydrogens (tertiary/aromatic N) is 14. The molecule has 0 atom stereocenters. The van der Waals surface area contributed by atoms with Crippen molar-refractivity contribution < 1.29 is 157 Å². The molecule has 3 aliphatic rings. The van der Waals surface area contributed by atoms with Gasteiger partial charge in [0.15, 0.2) is 0 Å². The smallest absolute Gasteiger partial charge is 0.277 e. The molecule has 30 nitrogen and oxygen atoms in total. The number of aryl methyl sites for hydroxylation is 9. The monoisotopic (exact) mass is 2350 g/mol. The summed E-state index contributed by atoms with van der Waals surface area (Å²) >= 11 is 29.8. The van der Waals surface area contributed by atoms with E-state index in [9.17, 15) is 69.2 Å². The molecule has 0 spiro atoms. The predicted molar refractivity (Wildman–Crippen MR) is 561 cm³/mol. The zero-order valence-electron chi connectivity index (χ0n) is 81.2. The summed E-state index contributed by atoms with van der Waals surface area (Å²) in [7, 11) is -8.71. The number of nitro groups is 3. The van der Waals surface area contributed by atoms with Crippen LogP contribution in [0.5, 0.6) is 0 Å². The maximum absolute atomic E-state index is 12.6. The summed E-state index contributed by atoms with van der Waals surface area (Å²) in [4.78, 5) is 60.6. The van der Waals surface area contributed by atoms with Crippen LogP contribution in [0.4, 0.5) is 22.7 Å². The maximum atomic E-state index is 12.6. The van der Waals surface area contributed by atoms with Crippen molar-refractivity contribution in [3.05, 3.63) is 355 Å². The summed E-state index contributed by atoms with van der Waals surface area (Å²) in [5.41, 5.74) is 14.2. The van der Waals surface area contributed by atoms with Gasteiger partial charge >= 0.3 is 0 Å². The molecule has 0 saturated carbocycles. The Kier molecular flexibility index (Phi) is 51.3. The third-order valence-electron chi connectivity index (χ3n) is 21.1. The fraction of sp³-hybridized carbons (Fsp3) is 0.212. The van der Waals surface area contributed by atoms with Crippen molar-refractivity contribution in [3.8, 4) is 0 Å². The zero-order chi connectivity index (χ0) is 100. The van der Waals surface area contributed by atoms with E-state index >= 15 is 0 Å². The Morgan fingerprint density at radius 2 is 0.599 bits per heavy atom. The fourth-order valence-electron chi connectivity index (χ4n) is 14.6. The zero-order valence-corrected chi connectivity index (χ0v) is 97.6. The molecule has 747 valence electrons. The van der Waals surface area contributed by atoms with E-state index in [0.717, 1.165) is 82.0 Å². The Balaban J connectivity index is 0.000000413. The van der Waals surface area contributed by atoms with E-state index in [1.165, 1.54) is 62.0 Å². The molecule has 8 aromatic carbocycles. The van der Waals surface area contributed by atoms with Gasteiger partial charge in [-0.2, -0.15) is 0 Å². The van der Waals surface area contributed by atoms with E-state index in [1.807, 2.05) is 133 Å². The summed E-state index contributed by atoms with van der Waals surface area (Å²) in [6.07, 6.45) is 21.7. The largest absolute Gasteiger partial charge is 0.398 e. The van der Waals surface area contributed by atoms with E-state index in [1.54, 1.807) is 149 Å². The van der Waals surface area contributed by atoms with E-state index < -0.39 is 49.0 Å². The average Bonchev–Trinajstić information content (AvgIpc) is 0.757. The Morgan fingerprint density at radius 1 is 0.338 bits per heavy atom. The van der Waals surface area contributed by atoms with Crippen molar-refractivity contribution in [3.63, 3.8) is 0 Å². The number of nitrogen functional groups attached to an aromatic ring is 1. The number of hydrogen-bond donors (Lipinski definition) is 2. The molecule has 43 heteroatoms. The van der Waals surface area contributed by atoms with Gasteiger partial charge in [-0.15, -0.1) is 39.3 Å². The van der Waals surface area contributed by atoms with Gasteiger partial charge in [0.2, 0.25) is 42.5 Å². The number of benzene rings is 8. The number of fused-ring (bicyclic) bond motifs is 8. The van der Waals surface area contributed by atoms with Crippen LogP contribution in [0.25, 0.3) is 86.2 Å². The SMILES string of the molecule is CC.CC.CC.Cc1c[n+](O)cc2cccc([N+](=O)[O-])c12.Cc1cnc(Cl)c2cccc(N)c12.Cc1cnc(Cl)c2cccc(S(=O)(=O)Cl)c12.Cc1cnc(Cl)c2cccc(S(=O)(=O)N3C[CH-]C3)c12.Cc1cnc(Cl)c2cccc(S(=O)(=O)N3C[CH-]C3)c12.Cc1cnc(Cl)c2cccc([N+](=O)[O-])c12.Cc1cncc2cccc([N+](=O)[O-])c12.Cc1ncc(C)c2c(S(=O)(=O)N3C[CH-]C3)cccc12.[CH3-].[CH3-].[CH3-].[Y].[Y].[Y]. The molecule has 19 rings (SSSR count). The van der Waals surface area contributed by atoms with Gasteiger partial charge in [-0.3, -0.25) is 77.7 Å². The third kappa shape index (κ3) is 29.5. The van der Waals surface area contributed by atoms with Gasteiger partial charge in [0.05, 0.1) is 55.9 Å². The van der Waals surface area contributed by atoms with Gasteiger partial charge in [0.25, 0.3) is 26.1 Å². The van der Waals surface area contributed by atoms with Crippen LogP contribution in [-0.4, -0.2) is 141 Å². The molecule has 0 amide bonds. The Hall–Kier alpha value is -8.43. The molecule has 0 unspecified atom stereocenters. The van der Waals surface area contributed by atoms with Crippen LogP contribution in [0.2, 0.25) is 25.8 Å². The quantitative estimate of drug-likeness (QED) is 0.0188. The minimum absolute atomic E-state index is 0. The van der Waals surface area contributed by atoms with Crippen LogP contribution >= 0.6 is 68.7 Å². The molecule has 3 saturated heterocycles. The van der Waals surface area contributed by atoms with Crippen LogP contribution in [-0.2, 0) is 137 Å². The maximum Gasteiger partial charge on any atom is 0.277 e. The normalized spacial score (nSPS) is 12.3. The van der Waals surface area contributed by atoms with Crippen molar-refractivity contribution in [2.75, 3.05) is 45.0 Å². The molecule has 3 aliphatic heterocycles. The molecular weight excluding hydrogens is 2250 g/mol. The molecule has 3 N–H and O–H groups in total. The van der Waals surface area contributed by atoms with Gasteiger partial charge in [-0.25, -0.2) is 58.6 Å². The summed E-state index contributed by atoms with van der Waals surface area (Å²) in [6.45, 7) is 31.4. The van der Waals surface area contributed by atoms with Crippen LogP contribution in [0, 0.1) is 134 Å². The molecule has 0 bridgehead atoms. The number of nitro benzene ring substituents is 3. The first kappa shape index (κ1) is 128. The minimum Gasteiger partial charge on any atom is -0.398 e. The number of non-ortho nitro benzene ring substituents is 3. The Morgan fingerprint density at radius 3 is 0.937 bits per heavy atom. The molecular formula is C99H106Cl6N15O15S4Y3-5. The summed E-state index contributed by atoms with van der Waals surface area (Å²) in [5.74, 6) is 0. The first-order valence-electron chi connectivity index (χ1n) is 42.2. The van der Waals surface area contributed by atoms with Crippen molar-refractivity contribution in [1.82, 2.24) is 47.8 Å². The topological polar surface area (TPSA) is 416 Å².